The molecule has 2 heterocycles. The number of amides is 1. The third-order valence-corrected chi connectivity index (χ3v) is 3.15. The summed E-state index contributed by atoms with van der Waals surface area (Å²) in [5, 5.41) is 0.958. The Bertz CT molecular complexity index is 534. The Morgan fingerprint density at radius 3 is 2.83 bits per heavy atom. The fourth-order valence-electron chi connectivity index (χ4n) is 2.21. The Morgan fingerprint density at radius 1 is 1.39 bits per heavy atom. The predicted octanol–water partition coefficient (Wildman–Crippen LogP) is 2.03. The minimum Gasteiger partial charge on any atom is -0.451 e. The summed E-state index contributed by atoms with van der Waals surface area (Å²) in [7, 11) is 0. The summed E-state index contributed by atoms with van der Waals surface area (Å²) in [6.45, 7) is 1.34. The minimum atomic E-state index is -0.0610. The molecule has 0 aliphatic carbocycles. The van der Waals surface area contributed by atoms with Gasteiger partial charge < -0.3 is 15.1 Å². The molecule has 1 aliphatic rings. The third kappa shape index (κ3) is 2.21. The van der Waals surface area contributed by atoms with Crippen molar-refractivity contribution in [3.8, 4) is 0 Å². The largest absolute Gasteiger partial charge is 0.451 e. The van der Waals surface area contributed by atoms with Crippen LogP contribution in [0, 0.1) is 0 Å². The molecule has 2 N–H and O–H groups in total. The van der Waals surface area contributed by atoms with Crippen molar-refractivity contribution in [2.45, 2.75) is 12.5 Å². The molecule has 0 radical (unpaired) electrons. The number of benzene rings is 1. The van der Waals surface area contributed by atoms with Gasteiger partial charge in [-0.3, -0.25) is 4.79 Å². The van der Waals surface area contributed by atoms with E-state index in [-0.39, 0.29) is 24.4 Å². The molecular formula is C13H15ClN2O2. The summed E-state index contributed by atoms with van der Waals surface area (Å²) in [6, 6.07) is 9.52. The lowest BCUT2D eigenvalue weighted by Gasteiger charge is -2.13. The fourth-order valence-corrected chi connectivity index (χ4v) is 2.21. The van der Waals surface area contributed by atoms with Crippen LogP contribution in [0.4, 0.5) is 0 Å². The van der Waals surface area contributed by atoms with Crippen LogP contribution in [0.1, 0.15) is 17.0 Å². The molecule has 2 aromatic rings. The first-order valence-electron chi connectivity index (χ1n) is 5.77. The van der Waals surface area contributed by atoms with E-state index in [9.17, 15) is 4.79 Å². The van der Waals surface area contributed by atoms with Crippen LogP contribution in [0.15, 0.2) is 34.7 Å². The van der Waals surface area contributed by atoms with Crippen LogP contribution in [0.5, 0.6) is 0 Å². The van der Waals surface area contributed by atoms with E-state index in [0.717, 1.165) is 23.9 Å². The van der Waals surface area contributed by atoms with Gasteiger partial charge in [-0.15, -0.1) is 12.4 Å². The molecule has 1 aromatic heterocycles. The van der Waals surface area contributed by atoms with Crippen LogP contribution >= 0.6 is 12.4 Å². The molecule has 4 nitrogen and oxygen atoms in total. The predicted molar refractivity (Wildman–Crippen MR) is 72.0 cm³/mol. The topological polar surface area (TPSA) is 59.5 Å². The Balaban J connectivity index is 0.00000120. The summed E-state index contributed by atoms with van der Waals surface area (Å²) in [5.41, 5.74) is 6.54. The number of carbonyl (C=O) groups is 1. The number of furan rings is 1. The van der Waals surface area contributed by atoms with Gasteiger partial charge in [0.25, 0.3) is 5.91 Å². The van der Waals surface area contributed by atoms with E-state index < -0.39 is 0 Å². The standard InChI is InChI=1S/C13H14N2O2.ClH/c14-10-5-6-15(8-10)13(16)12-7-9-3-1-2-4-11(9)17-12;/h1-4,7,10H,5-6,8,14H2;1H/t10-;/m0./s1. The van der Waals surface area contributed by atoms with E-state index >= 15 is 0 Å². The van der Waals surface area contributed by atoms with Crippen LogP contribution in [0.2, 0.25) is 0 Å². The highest BCUT2D eigenvalue weighted by Gasteiger charge is 2.26. The van der Waals surface area contributed by atoms with Gasteiger partial charge in [0.2, 0.25) is 0 Å². The highest BCUT2D eigenvalue weighted by atomic mass is 35.5. The summed E-state index contributed by atoms with van der Waals surface area (Å²) in [6.07, 6.45) is 0.867. The summed E-state index contributed by atoms with van der Waals surface area (Å²) in [5.74, 6) is 0.342. The zero-order valence-electron chi connectivity index (χ0n) is 9.83. The van der Waals surface area contributed by atoms with Gasteiger partial charge in [0.05, 0.1) is 0 Å². The molecule has 1 saturated heterocycles. The van der Waals surface area contributed by atoms with E-state index in [0.29, 0.717) is 12.3 Å². The van der Waals surface area contributed by atoms with Crippen molar-refractivity contribution in [3.05, 3.63) is 36.1 Å². The van der Waals surface area contributed by atoms with Gasteiger partial charge >= 0.3 is 0 Å². The van der Waals surface area contributed by atoms with Crippen LogP contribution in [0.3, 0.4) is 0 Å². The second kappa shape index (κ2) is 5.00. The van der Waals surface area contributed by atoms with Gasteiger partial charge in [-0.25, -0.2) is 0 Å². The first-order valence-corrected chi connectivity index (χ1v) is 5.77. The number of nitrogens with zero attached hydrogens (tertiary/aromatic N) is 1. The lowest BCUT2D eigenvalue weighted by molar-refractivity contribution is 0.0761. The van der Waals surface area contributed by atoms with E-state index in [1.165, 1.54) is 0 Å². The number of carbonyl (C=O) groups excluding carboxylic acids is 1. The average molecular weight is 267 g/mol. The summed E-state index contributed by atoms with van der Waals surface area (Å²) >= 11 is 0. The Kier molecular flexibility index (Phi) is 3.59. The molecule has 0 spiro atoms. The number of para-hydroxylation sites is 1. The number of hydrogen-bond acceptors (Lipinski definition) is 3. The zero-order valence-corrected chi connectivity index (χ0v) is 10.7. The van der Waals surface area contributed by atoms with Gasteiger partial charge in [-0.1, -0.05) is 18.2 Å². The molecule has 0 unspecified atom stereocenters. The maximum absolute atomic E-state index is 12.1. The second-order valence-electron chi connectivity index (χ2n) is 4.45. The van der Waals surface area contributed by atoms with Crippen LogP contribution < -0.4 is 5.73 Å². The number of fused-ring (bicyclic) bond motifs is 1. The number of likely N-dealkylation sites (tertiary alicyclic amines) is 1. The van der Waals surface area contributed by atoms with E-state index in [1.54, 1.807) is 11.0 Å². The normalized spacial score (nSPS) is 18.9. The number of hydrogen-bond donors (Lipinski definition) is 1. The SMILES string of the molecule is Cl.N[C@H]1CCN(C(=O)c2cc3ccccc3o2)C1. The van der Waals surface area contributed by atoms with Crippen molar-refractivity contribution in [2.75, 3.05) is 13.1 Å². The fraction of sp³-hybridized carbons (Fsp3) is 0.308. The van der Waals surface area contributed by atoms with Crippen molar-refractivity contribution in [1.82, 2.24) is 4.90 Å². The second-order valence-corrected chi connectivity index (χ2v) is 4.45. The molecule has 1 amide bonds. The maximum atomic E-state index is 12.1. The lowest BCUT2D eigenvalue weighted by atomic mass is 10.2. The third-order valence-electron chi connectivity index (χ3n) is 3.15. The number of nitrogens with two attached hydrogens (primary N) is 1. The molecule has 5 heteroatoms. The van der Waals surface area contributed by atoms with Gasteiger partial charge in [0.1, 0.15) is 5.58 Å². The van der Waals surface area contributed by atoms with Crippen molar-refractivity contribution < 1.29 is 9.21 Å². The molecule has 1 aromatic carbocycles. The van der Waals surface area contributed by atoms with Crippen molar-refractivity contribution in [1.29, 1.82) is 0 Å². The highest BCUT2D eigenvalue weighted by molar-refractivity contribution is 5.96. The Morgan fingerprint density at radius 2 is 2.17 bits per heavy atom. The summed E-state index contributed by atoms with van der Waals surface area (Å²) < 4.78 is 5.55. The monoisotopic (exact) mass is 266 g/mol. The van der Waals surface area contributed by atoms with Gasteiger partial charge in [0, 0.05) is 24.5 Å². The van der Waals surface area contributed by atoms with Crippen LogP contribution in [0.25, 0.3) is 11.0 Å². The van der Waals surface area contributed by atoms with E-state index in [4.69, 9.17) is 10.2 Å². The van der Waals surface area contributed by atoms with Crippen LogP contribution in [-0.2, 0) is 0 Å². The first kappa shape index (κ1) is 12.9. The van der Waals surface area contributed by atoms with Crippen LogP contribution in [-0.4, -0.2) is 29.9 Å². The molecule has 18 heavy (non-hydrogen) atoms. The average Bonchev–Trinajstić information content (AvgIpc) is 2.93. The molecule has 1 fully saturated rings. The smallest absolute Gasteiger partial charge is 0.289 e. The molecule has 96 valence electrons. The quantitative estimate of drug-likeness (QED) is 0.859. The van der Waals surface area contributed by atoms with Crippen molar-refractivity contribution in [2.24, 2.45) is 5.73 Å². The summed E-state index contributed by atoms with van der Waals surface area (Å²) in [4.78, 5) is 13.9. The van der Waals surface area contributed by atoms with Gasteiger partial charge in [-0.2, -0.15) is 0 Å². The first-order chi connectivity index (χ1) is 8.24. The lowest BCUT2D eigenvalue weighted by Crippen LogP contribution is -2.31. The molecule has 1 atom stereocenters. The minimum absolute atomic E-state index is 0. The van der Waals surface area contributed by atoms with Crippen molar-refractivity contribution >= 4 is 29.3 Å². The molecule has 0 saturated carbocycles. The van der Waals surface area contributed by atoms with Crippen molar-refractivity contribution in [3.63, 3.8) is 0 Å². The van der Waals surface area contributed by atoms with E-state index in [2.05, 4.69) is 0 Å². The molecular weight excluding hydrogens is 252 g/mol. The maximum Gasteiger partial charge on any atom is 0.289 e. The van der Waals surface area contributed by atoms with E-state index in [1.807, 2.05) is 24.3 Å². The van der Waals surface area contributed by atoms with Gasteiger partial charge in [-0.05, 0) is 18.6 Å². The Hall–Kier alpha value is -1.52. The highest BCUT2D eigenvalue weighted by Crippen LogP contribution is 2.21. The zero-order chi connectivity index (χ0) is 11.8. The molecule has 3 rings (SSSR count). The number of rotatable bonds is 1. The van der Waals surface area contributed by atoms with Gasteiger partial charge in [0.15, 0.2) is 5.76 Å². The molecule has 0 bridgehead atoms. The molecule has 1 aliphatic heterocycles. The number of halogens is 1. The Labute approximate surface area is 111 Å².